The van der Waals surface area contributed by atoms with Crippen molar-refractivity contribution in [1.29, 1.82) is 0 Å². The van der Waals surface area contributed by atoms with Crippen molar-refractivity contribution < 1.29 is 18.0 Å². The van der Waals surface area contributed by atoms with Crippen molar-refractivity contribution in [3.05, 3.63) is 59.2 Å². The highest BCUT2D eigenvalue weighted by atomic mass is 32.2. The Hall–Kier alpha value is -2.87. The first-order chi connectivity index (χ1) is 13.2. The Balaban J connectivity index is 2.11. The van der Waals surface area contributed by atoms with Gasteiger partial charge in [-0.15, -0.1) is 0 Å². The Labute approximate surface area is 165 Å². The maximum absolute atomic E-state index is 12.7. The van der Waals surface area contributed by atoms with Crippen molar-refractivity contribution in [3.8, 4) is 0 Å². The number of rotatable bonds is 8. The molecule has 0 aliphatic rings. The van der Waals surface area contributed by atoms with Gasteiger partial charge in [-0.25, -0.2) is 8.42 Å². The van der Waals surface area contributed by atoms with Gasteiger partial charge < -0.3 is 10.6 Å². The molecule has 0 aliphatic heterocycles. The maximum Gasteiger partial charge on any atom is 0.262 e. The van der Waals surface area contributed by atoms with Crippen LogP contribution in [-0.4, -0.2) is 33.3 Å². The summed E-state index contributed by atoms with van der Waals surface area (Å²) in [5, 5.41) is 5.18. The van der Waals surface area contributed by atoms with Crippen LogP contribution in [0.1, 0.15) is 34.8 Å². The first-order valence-electron chi connectivity index (χ1n) is 8.98. The summed E-state index contributed by atoms with van der Waals surface area (Å²) in [5.74, 6) is -0.735. The third-order valence-electron chi connectivity index (χ3n) is 3.99. The maximum atomic E-state index is 12.7. The van der Waals surface area contributed by atoms with Crippen LogP contribution in [0.4, 0.5) is 5.69 Å². The summed E-state index contributed by atoms with van der Waals surface area (Å²) >= 11 is 0. The van der Waals surface area contributed by atoms with Crippen molar-refractivity contribution in [2.45, 2.75) is 32.1 Å². The number of carbonyl (C=O) groups excluding carboxylic acids is 2. The van der Waals surface area contributed by atoms with E-state index < -0.39 is 15.9 Å². The zero-order valence-corrected chi connectivity index (χ0v) is 17.0. The molecule has 2 aromatic rings. The van der Waals surface area contributed by atoms with Crippen LogP contribution < -0.4 is 15.4 Å². The van der Waals surface area contributed by atoms with Crippen molar-refractivity contribution in [2.75, 3.05) is 17.8 Å². The molecule has 28 heavy (non-hydrogen) atoms. The first-order valence-corrected chi connectivity index (χ1v) is 10.5. The summed E-state index contributed by atoms with van der Waals surface area (Å²) in [6.07, 6.45) is 0.808. The summed E-state index contributed by atoms with van der Waals surface area (Å²) in [4.78, 5) is 24.0. The van der Waals surface area contributed by atoms with E-state index in [0.29, 0.717) is 12.1 Å². The SMILES string of the molecule is CCCNC(=O)CNC(=O)c1cccc(NS(=O)(=O)c2cc(C)ccc2C)c1. The molecule has 2 aromatic carbocycles. The summed E-state index contributed by atoms with van der Waals surface area (Å²) in [6, 6.07) is 11.3. The smallest absolute Gasteiger partial charge is 0.262 e. The Morgan fingerprint density at radius 3 is 2.46 bits per heavy atom. The fraction of sp³-hybridized carbons (Fsp3) is 0.300. The highest BCUT2D eigenvalue weighted by Crippen LogP contribution is 2.21. The molecule has 0 bridgehead atoms. The first kappa shape index (κ1) is 21.4. The van der Waals surface area contributed by atoms with E-state index in [1.807, 2.05) is 19.9 Å². The number of sulfonamides is 1. The van der Waals surface area contributed by atoms with Crippen molar-refractivity contribution in [2.24, 2.45) is 0 Å². The van der Waals surface area contributed by atoms with Gasteiger partial charge in [0.1, 0.15) is 0 Å². The zero-order valence-electron chi connectivity index (χ0n) is 16.2. The van der Waals surface area contributed by atoms with E-state index in [4.69, 9.17) is 0 Å². The summed E-state index contributed by atoms with van der Waals surface area (Å²) < 4.78 is 27.9. The van der Waals surface area contributed by atoms with E-state index >= 15 is 0 Å². The molecule has 0 aromatic heterocycles. The monoisotopic (exact) mass is 403 g/mol. The molecule has 150 valence electrons. The van der Waals surface area contributed by atoms with Gasteiger partial charge in [-0.2, -0.15) is 0 Å². The fourth-order valence-corrected chi connectivity index (χ4v) is 3.90. The molecule has 0 aliphatic carbocycles. The van der Waals surface area contributed by atoms with Gasteiger partial charge in [0.05, 0.1) is 11.4 Å². The van der Waals surface area contributed by atoms with E-state index in [1.54, 1.807) is 37.3 Å². The van der Waals surface area contributed by atoms with Gasteiger partial charge in [0.25, 0.3) is 15.9 Å². The van der Waals surface area contributed by atoms with Crippen molar-refractivity contribution in [1.82, 2.24) is 10.6 Å². The van der Waals surface area contributed by atoms with Crippen LogP contribution in [0.5, 0.6) is 0 Å². The van der Waals surface area contributed by atoms with E-state index in [-0.39, 0.29) is 28.6 Å². The number of hydrogen-bond acceptors (Lipinski definition) is 4. The Morgan fingerprint density at radius 2 is 1.75 bits per heavy atom. The zero-order chi connectivity index (χ0) is 20.7. The number of anilines is 1. The van der Waals surface area contributed by atoms with Crippen LogP contribution in [-0.2, 0) is 14.8 Å². The Bertz CT molecular complexity index is 971. The summed E-state index contributed by atoms with van der Waals surface area (Å²) in [7, 11) is -3.79. The number of benzene rings is 2. The van der Waals surface area contributed by atoms with Crippen LogP contribution >= 0.6 is 0 Å². The quantitative estimate of drug-likeness (QED) is 0.629. The van der Waals surface area contributed by atoms with Gasteiger partial charge in [0.15, 0.2) is 0 Å². The minimum absolute atomic E-state index is 0.142. The number of aryl methyl sites for hydroxylation is 2. The molecule has 0 spiro atoms. The lowest BCUT2D eigenvalue weighted by molar-refractivity contribution is -0.120. The normalized spacial score (nSPS) is 11.0. The second-order valence-corrected chi connectivity index (χ2v) is 8.14. The molecule has 2 rings (SSSR count). The third-order valence-corrected chi connectivity index (χ3v) is 5.52. The van der Waals surface area contributed by atoms with Gasteiger partial charge in [0.2, 0.25) is 5.91 Å². The highest BCUT2D eigenvalue weighted by molar-refractivity contribution is 7.92. The third kappa shape index (κ3) is 5.82. The van der Waals surface area contributed by atoms with E-state index in [2.05, 4.69) is 15.4 Å². The second-order valence-electron chi connectivity index (χ2n) is 6.49. The fourth-order valence-electron chi connectivity index (χ4n) is 2.52. The number of amides is 2. The molecule has 0 heterocycles. The van der Waals surface area contributed by atoms with Crippen molar-refractivity contribution in [3.63, 3.8) is 0 Å². The highest BCUT2D eigenvalue weighted by Gasteiger charge is 2.18. The second kappa shape index (κ2) is 9.36. The van der Waals surface area contributed by atoms with Crippen LogP contribution in [0, 0.1) is 13.8 Å². The molecule has 7 nitrogen and oxygen atoms in total. The Kier molecular flexibility index (Phi) is 7.17. The van der Waals surface area contributed by atoms with Gasteiger partial charge in [-0.3, -0.25) is 14.3 Å². The van der Waals surface area contributed by atoms with Crippen LogP contribution in [0.25, 0.3) is 0 Å². The van der Waals surface area contributed by atoms with Gasteiger partial charge in [-0.05, 0) is 55.7 Å². The van der Waals surface area contributed by atoms with Gasteiger partial charge >= 0.3 is 0 Å². The number of carbonyl (C=O) groups is 2. The molecule has 3 N–H and O–H groups in total. The lowest BCUT2D eigenvalue weighted by Gasteiger charge is -2.12. The molecule has 0 saturated carbocycles. The van der Waals surface area contributed by atoms with Crippen LogP contribution in [0.15, 0.2) is 47.4 Å². The lowest BCUT2D eigenvalue weighted by atomic mass is 10.2. The minimum Gasteiger partial charge on any atom is -0.355 e. The molecule has 0 saturated heterocycles. The minimum atomic E-state index is -3.79. The topological polar surface area (TPSA) is 104 Å². The molecule has 0 radical (unpaired) electrons. The van der Waals surface area contributed by atoms with E-state index in [1.165, 1.54) is 6.07 Å². The number of nitrogens with one attached hydrogen (secondary N) is 3. The summed E-state index contributed by atoms with van der Waals surface area (Å²) in [6.45, 7) is 5.88. The van der Waals surface area contributed by atoms with Crippen LogP contribution in [0.2, 0.25) is 0 Å². The number of hydrogen-bond donors (Lipinski definition) is 3. The molecule has 8 heteroatoms. The van der Waals surface area contributed by atoms with Crippen LogP contribution in [0.3, 0.4) is 0 Å². The summed E-state index contributed by atoms with van der Waals surface area (Å²) in [5.41, 5.74) is 1.99. The average molecular weight is 404 g/mol. The van der Waals surface area contributed by atoms with E-state index in [9.17, 15) is 18.0 Å². The molecule has 0 fully saturated rings. The average Bonchev–Trinajstić information content (AvgIpc) is 2.66. The standard InChI is InChI=1S/C20H25N3O4S/c1-4-10-21-19(24)13-22-20(25)16-6-5-7-17(12-16)23-28(26,27)18-11-14(2)8-9-15(18)3/h5-9,11-12,23H,4,10,13H2,1-3H3,(H,21,24)(H,22,25). The van der Waals surface area contributed by atoms with Crippen molar-refractivity contribution >= 4 is 27.5 Å². The molecular formula is C20H25N3O4S. The molecular weight excluding hydrogens is 378 g/mol. The predicted molar refractivity (Wildman–Crippen MR) is 109 cm³/mol. The van der Waals surface area contributed by atoms with E-state index in [0.717, 1.165) is 12.0 Å². The van der Waals surface area contributed by atoms with Gasteiger partial charge in [0, 0.05) is 17.8 Å². The molecule has 0 unspecified atom stereocenters. The Morgan fingerprint density at radius 1 is 1.00 bits per heavy atom. The largest absolute Gasteiger partial charge is 0.355 e. The molecule has 2 amide bonds. The molecule has 0 atom stereocenters. The lowest BCUT2D eigenvalue weighted by Crippen LogP contribution is -2.37. The predicted octanol–water partition coefficient (Wildman–Crippen LogP) is 2.36. The van der Waals surface area contributed by atoms with Gasteiger partial charge in [-0.1, -0.05) is 25.1 Å².